The molecule has 48 heavy (non-hydrogen) atoms. The maximum atomic E-state index is 13.4. The van der Waals surface area contributed by atoms with E-state index in [1.807, 2.05) is 111 Å². The highest BCUT2D eigenvalue weighted by Crippen LogP contribution is 2.30. The van der Waals surface area contributed by atoms with Crippen molar-refractivity contribution in [2.45, 2.75) is 70.9 Å². The fourth-order valence-corrected chi connectivity index (χ4v) is 6.56. The number of aryl methyl sites for hydroxylation is 1. The molecule has 1 N–H and O–H groups in total. The van der Waals surface area contributed by atoms with Crippen LogP contribution in [-0.2, 0) is 52.8 Å². The average Bonchev–Trinajstić information content (AvgIpc) is 3.03. The van der Waals surface area contributed by atoms with Gasteiger partial charge in [0.15, 0.2) is 14.5 Å². The summed E-state index contributed by atoms with van der Waals surface area (Å²) in [5.74, 6) is 0. The third kappa shape index (κ3) is 11.8. The van der Waals surface area contributed by atoms with Crippen molar-refractivity contribution in [1.29, 1.82) is 0 Å². The fourth-order valence-electron chi connectivity index (χ4n) is 4.98. The molecule has 0 unspecified atom stereocenters. The molecule has 0 radical (unpaired) electrons. The van der Waals surface area contributed by atoms with Crippen LogP contribution in [0.25, 0.3) is 0 Å². The molecule has 258 valence electrons. The predicted octanol–water partition coefficient (Wildman–Crippen LogP) is 4.93. The molecule has 11 nitrogen and oxygen atoms in total. The Labute approximate surface area is 282 Å². The van der Waals surface area contributed by atoms with Crippen molar-refractivity contribution >= 4 is 18.4 Å². The Bertz CT molecular complexity index is 1800. The summed E-state index contributed by atoms with van der Waals surface area (Å²) in [7, 11) is -6.55. The Morgan fingerprint density at radius 2 is 1.23 bits per heavy atom. The summed E-state index contributed by atoms with van der Waals surface area (Å²) in [5.41, 5.74) is 1.54. The van der Waals surface area contributed by atoms with Crippen molar-refractivity contribution in [2.24, 2.45) is 0 Å². The van der Waals surface area contributed by atoms with Crippen LogP contribution in [0, 0.1) is 6.92 Å². The second-order valence-electron chi connectivity index (χ2n) is 12.5. The predicted molar refractivity (Wildman–Crippen MR) is 185 cm³/mol. The van der Waals surface area contributed by atoms with E-state index in [9.17, 15) is 18.0 Å². The van der Waals surface area contributed by atoms with E-state index in [2.05, 4.69) is 4.98 Å². The lowest BCUT2D eigenvalue weighted by Gasteiger charge is -2.39. The van der Waals surface area contributed by atoms with E-state index in [0.29, 0.717) is 0 Å². The van der Waals surface area contributed by atoms with Gasteiger partial charge in [-0.25, -0.2) is 4.79 Å². The molecule has 0 aliphatic heterocycles. The van der Waals surface area contributed by atoms with E-state index in [1.165, 1.54) is 10.8 Å². The number of aromatic nitrogens is 2. The van der Waals surface area contributed by atoms with Crippen LogP contribution in [-0.4, -0.2) is 57.5 Å². The van der Waals surface area contributed by atoms with Crippen LogP contribution in [0.5, 0.6) is 0 Å². The van der Waals surface area contributed by atoms with E-state index in [1.54, 1.807) is 6.92 Å². The van der Waals surface area contributed by atoms with E-state index in [4.69, 9.17) is 22.8 Å². The topological polar surface area (TPSA) is 135 Å². The second kappa shape index (κ2) is 17.1. The molecule has 0 saturated heterocycles. The molecule has 0 amide bonds. The van der Waals surface area contributed by atoms with Crippen LogP contribution in [0.1, 0.15) is 28.5 Å². The van der Waals surface area contributed by atoms with Gasteiger partial charge in [0.25, 0.3) is 15.7 Å². The first-order valence-electron chi connectivity index (χ1n) is 15.6. The zero-order valence-corrected chi connectivity index (χ0v) is 29.7. The maximum Gasteiger partial charge on any atom is 0.330 e. The van der Waals surface area contributed by atoms with Gasteiger partial charge in [0.1, 0.15) is 18.3 Å². The Kier molecular flexibility index (Phi) is 13.2. The zero-order valence-electron chi connectivity index (χ0n) is 27.9. The van der Waals surface area contributed by atoms with Gasteiger partial charge >= 0.3 is 5.69 Å². The highest BCUT2D eigenvalue weighted by Gasteiger charge is 2.43. The largest absolute Gasteiger partial charge is 0.395 e. The Balaban J connectivity index is 1.85. The van der Waals surface area contributed by atoms with Crippen LogP contribution in [0.3, 0.4) is 0 Å². The Morgan fingerprint density at radius 3 is 1.71 bits per heavy atom. The molecule has 0 aliphatic carbocycles. The van der Waals surface area contributed by atoms with Gasteiger partial charge in [0.05, 0.1) is 32.7 Å². The van der Waals surface area contributed by atoms with Crippen LogP contribution in [0.15, 0.2) is 107 Å². The molecule has 1 aromatic heterocycles. The molecule has 0 spiro atoms. The van der Waals surface area contributed by atoms with Gasteiger partial charge in [0, 0.05) is 11.8 Å². The highest BCUT2D eigenvalue weighted by atomic mass is 32.2. The molecule has 0 saturated carbocycles. The standard InChI is InChI=1S/C35H44N2O9SSi/c1-26-21-37(35(39)36-33(26)38)34(46-48(3,4)5)32(44-24-29-19-13-8-14-20-29)31(43-23-28-17-11-7-12-18-28)30(45-47(2,40)41)25-42-22-27-15-9-6-10-16-27/h6-21,30-32,34H,22-25H2,1-5H3,(H,36,38,39)/t30-,31+,32-,34+/m1/s1. The van der Waals surface area contributed by atoms with Crippen LogP contribution in [0.2, 0.25) is 19.6 Å². The number of ether oxygens (including phenoxy) is 3. The summed E-state index contributed by atoms with van der Waals surface area (Å²) in [6.07, 6.45) is -2.34. The molecular formula is C35H44N2O9SSi. The first-order chi connectivity index (χ1) is 22.8. The summed E-state index contributed by atoms with van der Waals surface area (Å²) in [6, 6.07) is 28.2. The Hall–Kier alpha value is -3.69. The lowest BCUT2D eigenvalue weighted by molar-refractivity contribution is -0.181. The molecule has 4 aromatic rings. The number of nitrogens with one attached hydrogen (secondary N) is 1. The lowest BCUT2D eigenvalue weighted by atomic mass is 10.1. The SMILES string of the molecule is Cc1cn([C@@H](O[Si](C)(C)C)[C@H](OCc2ccccc2)[C@@H](OCc2ccccc2)[C@@H](COCc2ccccc2)OS(C)(=O)=O)c(=O)[nH]c1=O. The summed E-state index contributed by atoms with van der Waals surface area (Å²) in [5, 5.41) is 0. The second-order valence-corrected chi connectivity index (χ2v) is 18.5. The molecule has 4 atom stereocenters. The Morgan fingerprint density at radius 1 is 0.750 bits per heavy atom. The molecule has 13 heteroatoms. The maximum absolute atomic E-state index is 13.4. The molecule has 3 aromatic carbocycles. The lowest BCUT2D eigenvalue weighted by Crippen LogP contribution is -2.53. The molecule has 0 aliphatic rings. The normalized spacial score (nSPS) is 14.7. The van der Waals surface area contributed by atoms with Gasteiger partial charge < -0.3 is 18.6 Å². The smallest absolute Gasteiger partial charge is 0.330 e. The zero-order chi connectivity index (χ0) is 34.7. The summed E-state index contributed by atoms with van der Waals surface area (Å²) in [6.45, 7) is 7.52. The van der Waals surface area contributed by atoms with E-state index in [0.717, 1.165) is 22.9 Å². The minimum absolute atomic E-state index is 0.0538. The van der Waals surface area contributed by atoms with Gasteiger partial charge in [-0.05, 0) is 43.3 Å². The number of hydrogen-bond donors (Lipinski definition) is 1. The summed E-state index contributed by atoms with van der Waals surface area (Å²) in [4.78, 5) is 28.2. The van der Waals surface area contributed by atoms with Crippen molar-refractivity contribution in [2.75, 3.05) is 12.9 Å². The van der Waals surface area contributed by atoms with Crippen molar-refractivity contribution in [3.8, 4) is 0 Å². The number of H-pyrrole nitrogens is 1. The molecule has 1 heterocycles. The molecular weight excluding hydrogens is 653 g/mol. The third-order valence-corrected chi connectivity index (χ3v) is 8.67. The monoisotopic (exact) mass is 696 g/mol. The van der Waals surface area contributed by atoms with Gasteiger partial charge in [0.2, 0.25) is 0 Å². The first-order valence-corrected chi connectivity index (χ1v) is 20.8. The fraction of sp³-hybridized carbons (Fsp3) is 0.371. The number of aromatic amines is 1. The minimum atomic E-state index is -4.06. The van der Waals surface area contributed by atoms with Crippen molar-refractivity contribution in [1.82, 2.24) is 9.55 Å². The van der Waals surface area contributed by atoms with Gasteiger partial charge in [-0.3, -0.25) is 18.5 Å². The molecule has 0 bridgehead atoms. The number of rotatable bonds is 18. The third-order valence-electron chi connectivity index (χ3n) is 7.13. The summed E-state index contributed by atoms with van der Waals surface area (Å²) < 4.78 is 58.4. The highest BCUT2D eigenvalue weighted by molar-refractivity contribution is 7.86. The van der Waals surface area contributed by atoms with E-state index < -0.39 is 54.2 Å². The number of hydrogen-bond acceptors (Lipinski definition) is 9. The van der Waals surface area contributed by atoms with E-state index >= 15 is 0 Å². The van der Waals surface area contributed by atoms with Crippen LogP contribution in [0.4, 0.5) is 0 Å². The van der Waals surface area contributed by atoms with Gasteiger partial charge in [-0.2, -0.15) is 8.42 Å². The van der Waals surface area contributed by atoms with Crippen LogP contribution < -0.4 is 11.2 Å². The number of benzene rings is 3. The van der Waals surface area contributed by atoms with Gasteiger partial charge in [-0.15, -0.1) is 0 Å². The van der Waals surface area contributed by atoms with Gasteiger partial charge in [-0.1, -0.05) is 91.0 Å². The molecule has 0 fully saturated rings. The van der Waals surface area contributed by atoms with Crippen molar-refractivity contribution < 1.29 is 31.2 Å². The van der Waals surface area contributed by atoms with Crippen molar-refractivity contribution in [3.63, 3.8) is 0 Å². The van der Waals surface area contributed by atoms with Crippen molar-refractivity contribution in [3.05, 3.63) is 140 Å². The summed E-state index contributed by atoms with van der Waals surface area (Å²) >= 11 is 0. The minimum Gasteiger partial charge on any atom is -0.395 e. The average molecular weight is 697 g/mol. The first kappa shape index (κ1) is 37.1. The quantitative estimate of drug-likeness (QED) is 0.114. The van der Waals surface area contributed by atoms with Crippen LogP contribution >= 0.6 is 0 Å². The molecule has 4 rings (SSSR count). The van der Waals surface area contributed by atoms with E-state index in [-0.39, 0.29) is 32.0 Å². The number of nitrogens with zero attached hydrogens (tertiary/aromatic N) is 1.